The van der Waals surface area contributed by atoms with E-state index >= 15 is 0 Å². The highest BCUT2D eigenvalue weighted by molar-refractivity contribution is 5.53. The molecule has 2 unspecified atom stereocenters. The molecule has 1 fully saturated rings. The predicted molar refractivity (Wildman–Crippen MR) is 93.8 cm³/mol. The first-order valence-corrected chi connectivity index (χ1v) is 9.23. The van der Waals surface area contributed by atoms with Crippen molar-refractivity contribution >= 4 is 0 Å². The smallest absolute Gasteiger partial charge is 0.199 e. The van der Waals surface area contributed by atoms with Gasteiger partial charge in [0.05, 0.1) is 6.61 Å². The number of ether oxygens (including phenoxy) is 3. The van der Waals surface area contributed by atoms with Crippen molar-refractivity contribution in [2.24, 2.45) is 0 Å². The van der Waals surface area contributed by atoms with Crippen molar-refractivity contribution in [1.29, 1.82) is 0 Å². The Balaban J connectivity index is 1.80. The number of fused-ring (bicyclic) bond motifs is 1. The van der Waals surface area contributed by atoms with Crippen LogP contribution in [-0.2, 0) is 11.2 Å². The standard InChI is InChI=1S/C20H30O4/c1-14-15(2)19-16(8-10-20(3,24-19)9-6-11-21)13-17(14)23-18-7-4-5-12-22-18/h13,18,21H,4-12H2,1-3H3. The minimum Gasteiger partial charge on any atom is -0.487 e. The van der Waals surface area contributed by atoms with Crippen LogP contribution in [0, 0.1) is 13.8 Å². The van der Waals surface area contributed by atoms with Crippen molar-refractivity contribution in [2.75, 3.05) is 13.2 Å². The number of hydrogen-bond donors (Lipinski definition) is 1. The van der Waals surface area contributed by atoms with E-state index in [0.29, 0.717) is 0 Å². The van der Waals surface area contributed by atoms with E-state index in [1.807, 2.05) is 0 Å². The summed E-state index contributed by atoms with van der Waals surface area (Å²) in [6, 6.07) is 2.14. The van der Waals surface area contributed by atoms with Gasteiger partial charge in [-0.15, -0.1) is 0 Å². The lowest BCUT2D eigenvalue weighted by atomic mass is 9.87. The number of aliphatic hydroxyl groups excluding tert-OH is 1. The van der Waals surface area contributed by atoms with Gasteiger partial charge in [0.1, 0.15) is 17.1 Å². The molecule has 4 nitrogen and oxygen atoms in total. The van der Waals surface area contributed by atoms with E-state index in [9.17, 15) is 0 Å². The number of benzene rings is 1. The van der Waals surface area contributed by atoms with Gasteiger partial charge < -0.3 is 19.3 Å². The van der Waals surface area contributed by atoms with Gasteiger partial charge in [0, 0.05) is 13.0 Å². The Kier molecular flexibility index (Phi) is 5.36. The van der Waals surface area contributed by atoms with Gasteiger partial charge in [-0.05, 0) is 82.1 Å². The van der Waals surface area contributed by atoms with Crippen molar-refractivity contribution in [2.45, 2.75) is 77.6 Å². The molecule has 0 aliphatic carbocycles. The summed E-state index contributed by atoms with van der Waals surface area (Å²) in [5, 5.41) is 9.11. The van der Waals surface area contributed by atoms with Gasteiger partial charge in [-0.25, -0.2) is 0 Å². The molecule has 2 aliphatic rings. The fourth-order valence-corrected chi connectivity index (χ4v) is 3.65. The van der Waals surface area contributed by atoms with Crippen LogP contribution in [0.3, 0.4) is 0 Å². The Hall–Kier alpha value is -1.26. The van der Waals surface area contributed by atoms with Crippen LogP contribution < -0.4 is 9.47 Å². The van der Waals surface area contributed by atoms with E-state index in [1.165, 1.54) is 12.0 Å². The minimum atomic E-state index is -0.179. The Labute approximate surface area is 145 Å². The highest BCUT2D eigenvalue weighted by atomic mass is 16.7. The van der Waals surface area contributed by atoms with E-state index in [0.717, 1.165) is 67.8 Å². The molecule has 24 heavy (non-hydrogen) atoms. The highest BCUT2D eigenvalue weighted by Gasteiger charge is 2.33. The fraction of sp³-hybridized carbons (Fsp3) is 0.700. The molecule has 2 heterocycles. The third-order valence-electron chi connectivity index (χ3n) is 5.40. The molecule has 134 valence electrons. The molecule has 1 saturated heterocycles. The minimum absolute atomic E-state index is 0.116. The molecule has 1 N–H and O–H groups in total. The van der Waals surface area contributed by atoms with E-state index < -0.39 is 0 Å². The number of aliphatic hydroxyl groups is 1. The third-order valence-corrected chi connectivity index (χ3v) is 5.40. The van der Waals surface area contributed by atoms with Crippen LogP contribution in [0.25, 0.3) is 0 Å². The summed E-state index contributed by atoms with van der Waals surface area (Å²) in [4.78, 5) is 0. The zero-order chi connectivity index (χ0) is 17.2. The maximum Gasteiger partial charge on any atom is 0.199 e. The summed E-state index contributed by atoms with van der Waals surface area (Å²) in [5.41, 5.74) is 3.34. The van der Waals surface area contributed by atoms with Crippen molar-refractivity contribution in [3.8, 4) is 11.5 Å². The van der Waals surface area contributed by atoms with Gasteiger partial charge >= 0.3 is 0 Å². The third kappa shape index (κ3) is 3.70. The van der Waals surface area contributed by atoms with E-state index in [4.69, 9.17) is 19.3 Å². The summed E-state index contributed by atoms with van der Waals surface area (Å²) >= 11 is 0. The topological polar surface area (TPSA) is 47.9 Å². The van der Waals surface area contributed by atoms with Gasteiger partial charge in [-0.2, -0.15) is 0 Å². The molecule has 0 radical (unpaired) electrons. The Morgan fingerprint density at radius 3 is 2.83 bits per heavy atom. The second kappa shape index (κ2) is 7.32. The van der Waals surface area contributed by atoms with E-state index in [-0.39, 0.29) is 18.5 Å². The summed E-state index contributed by atoms with van der Waals surface area (Å²) in [5.74, 6) is 1.94. The molecule has 3 rings (SSSR count). The van der Waals surface area contributed by atoms with Crippen LogP contribution in [0.15, 0.2) is 6.07 Å². The lowest BCUT2D eigenvalue weighted by Crippen LogP contribution is -2.37. The van der Waals surface area contributed by atoms with Crippen LogP contribution in [-0.4, -0.2) is 30.2 Å². The molecular formula is C20H30O4. The molecule has 1 aromatic carbocycles. The van der Waals surface area contributed by atoms with Crippen molar-refractivity contribution in [1.82, 2.24) is 0 Å². The molecule has 4 heteroatoms. The van der Waals surface area contributed by atoms with Crippen LogP contribution in [0.2, 0.25) is 0 Å². The lowest BCUT2D eigenvalue weighted by molar-refractivity contribution is -0.106. The van der Waals surface area contributed by atoms with E-state index in [1.54, 1.807) is 0 Å². The molecule has 0 amide bonds. The van der Waals surface area contributed by atoms with Crippen LogP contribution in [0.4, 0.5) is 0 Å². The van der Waals surface area contributed by atoms with Gasteiger partial charge in [0.15, 0.2) is 6.29 Å². The quantitative estimate of drug-likeness (QED) is 0.882. The number of rotatable bonds is 5. The van der Waals surface area contributed by atoms with Crippen LogP contribution in [0.5, 0.6) is 11.5 Å². The first-order chi connectivity index (χ1) is 11.5. The summed E-state index contributed by atoms with van der Waals surface area (Å²) in [7, 11) is 0. The molecule has 1 aromatic rings. The first kappa shape index (κ1) is 17.6. The zero-order valence-electron chi connectivity index (χ0n) is 15.2. The second-order valence-corrected chi connectivity index (χ2v) is 7.41. The Bertz CT molecular complexity index is 577. The summed E-state index contributed by atoms with van der Waals surface area (Å²) < 4.78 is 18.2. The van der Waals surface area contributed by atoms with Gasteiger partial charge in [-0.3, -0.25) is 0 Å². The molecular weight excluding hydrogens is 304 g/mol. The van der Waals surface area contributed by atoms with Gasteiger partial charge in [-0.1, -0.05) is 0 Å². The molecule has 0 bridgehead atoms. The highest BCUT2D eigenvalue weighted by Crippen LogP contribution is 2.42. The normalized spacial score (nSPS) is 26.6. The average molecular weight is 334 g/mol. The van der Waals surface area contributed by atoms with Crippen LogP contribution in [0.1, 0.15) is 62.1 Å². The maximum atomic E-state index is 9.11. The molecule has 0 spiro atoms. The second-order valence-electron chi connectivity index (χ2n) is 7.41. The molecule has 0 saturated carbocycles. The van der Waals surface area contributed by atoms with Crippen LogP contribution >= 0.6 is 0 Å². The summed E-state index contributed by atoms with van der Waals surface area (Å²) in [6.45, 7) is 7.37. The molecule has 2 aliphatic heterocycles. The predicted octanol–water partition coefficient (Wildman–Crippen LogP) is 4.07. The Morgan fingerprint density at radius 2 is 2.12 bits per heavy atom. The fourth-order valence-electron chi connectivity index (χ4n) is 3.65. The lowest BCUT2D eigenvalue weighted by Gasteiger charge is -2.37. The first-order valence-electron chi connectivity index (χ1n) is 9.23. The summed E-state index contributed by atoms with van der Waals surface area (Å²) in [6.07, 6.45) is 6.77. The van der Waals surface area contributed by atoms with E-state index in [2.05, 4.69) is 26.8 Å². The van der Waals surface area contributed by atoms with Gasteiger partial charge in [0.2, 0.25) is 0 Å². The monoisotopic (exact) mass is 334 g/mol. The SMILES string of the molecule is Cc1c(OC2CCCCO2)cc2c(c1C)OC(C)(CCCO)CC2. The maximum absolute atomic E-state index is 9.11. The molecule has 2 atom stereocenters. The van der Waals surface area contributed by atoms with Gasteiger partial charge in [0.25, 0.3) is 0 Å². The molecule has 0 aromatic heterocycles. The zero-order valence-corrected chi connectivity index (χ0v) is 15.2. The Morgan fingerprint density at radius 1 is 1.29 bits per heavy atom. The van der Waals surface area contributed by atoms with Crippen molar-refractivity contribution < 1.29 is 19.3 Å². The van der Waals surface area contributed by atoms with Crippen molar-refractivity contribution in [3.63, 3.8) is 0 Å². The van der Waals surface area contributed by atoms with Crippen molar-refractivity contribution in [3.05, 3.63) is 22.8 Å². The largest absolute Gasteiger partial charge is 0.487 e. The average Bonchev–Trinajstić information content (AvgIpc) is 2.59. The number of aryl methyl sites for hydroxylation is 1. The number of hydrogen-bond acceptors (Lipinski definition) is 4.